The summed E-state index contributed by atoms with van der Waals surface area (Å²) in [6, 6.07) is 4.29. The van der Waals surface area contributed by atoms with Gasteiger partial charge in [-0.3, -0.25) is 24.6 Å². The van der Waals surface area contributed by atoms with Crippen LogP contribution in [-0.2, 0) is 16.0 Å². The zero-order valence-electron chi connectivity index (χ0n) is 13.9. The number of hydrogen-bond acceptors (Lipinski definition) is 7. The first-order valence-electron chi connectivity index (χ1n) is 7.40. The average molecular weight is 383 g/mol. The van der Waals surface area contributed by atoms with Crippen LogP contribution in [0.5, 0.6) is 0 Å². The van der Waals surface area contributed by atoms with Crippen LogP contribution in [0.4, 0.5) is 11.4 Å². The van der Waals surface area contributed by atoms with Crippen molar-refractivity contribution in [1.82, 2.24) is 4.90 Å². The number of fused-ring (bicyclic) bond motifs is 3. The van der Waals surface area contributed by atoms with Crippen molar-refractivity contribution in [2.45, 2.75) is 16.2 Å². The number of thioether (sulfide) groups is 2. The quantitative estimate of drug-likeness (QED) is 0.612. The van der Waals surface area contributed by atoms with Crippen LogP contribution in [0.1, 0.15) is 5.56 Å². The number of anilines is 1. The van der Waals surface area contributed by atoms with Crippen LogP contribution < -0.4 is 4.90 Å². The Morgan fingerprint density at radius 3 is 2.48 bits per heavy atom. The third-order valence-electron chi connectivity index (χ3n) is 4.92. The summed E-state index contributed by atoms with van der Waals surface area (Å²) in [4.78, 5) is 37.1. The number of hydrogen-bond donors (Lipinski definition) is 1. The first-order valence-corrected chi connectivity index (χ1v) is 9.85. The van der Waals surface area contributed by atoms with E-state index in [-0.39, 0.29) is 18.0 Å². The predicted molar refractivity (Wildman–Crippen MR) is 96.6 cm³/mol. The molecule has 1 N–H and O–H groups in total. The highest BCUT2D eigenvalue weighted by Crippen LogP contribution is 2.52. The number of piperazine rings is 1. The number of likely N-dealkylation sites (N-methyl/N-ethyl adjacent to an activating group) is 1. The molecule has 1 fully saturated rings. The maximum Gasteiger partial charge on any atom is 0.271 e. The van der Waals surface area contributed by atoms with E-state index in [2.05, 4.69) is 0 Å². The molecule has 0 aromatic heterocycles. The molecular weight excluding hydrogens is 366 g/mol. The van der Waals surface area contributed by atoms with Crippen molar-refractivity contribution < 1.29 is 19.6 Å². The highest BCUT2D eigenvalue weighted by Gasteiger charge is 2.65. The number of aliphatic hydroxyl groups is 1. The minimum atomic E-state index is -1.44. The van der Waals surface area contributed by atoms with E-state index in [0.717, 1.165) is 11.8 Å². The smallest absolute Gasteiger partial charge is 0.271 e. The summed E-state index contributed by atoms with van der Waals surface area (Å²) < 4.78 is 0. The first kappa shape index (κ1) is 18.0. The fraction of sp³-hybridized carbons (Fsp3) is 0.467. The van der Waals surface area contributed by atoms with Crippen molar-refractivity contribution in [1.29, 1.82) is 0 Å². The van der Waals surface area contributed by atoms with E-state index in [4.69, 9.17) is 0 Å². The Morgan fingerprint density at radius 1 is 1.28 bits per heavy atom. The molecule has 2 amide bonds. The molecule has 2 unspecified atom stereocenters. The zero-order chi connectivity index (χ0) is 18.6. The minimum absolute atomic E-state index is 0.145. The van der Waals surface area contributed by atoms with Crippen LogP contribution in [0.15, 0.2) is 18.2 Å². The van der Waals surface area contributed by atoms with Gasteiger partial charge >= 0.3 is 0 Å². The summed E-state index contributed by atoms with van der Waals surface area (Å²) in [6.07, 6.45) is 3.65. The van der Waals surface area contributed by atoms with Gasteiger partial charge in [0.05, 0.1) is 17.2 Å². The number of benzene rings is 1. The second-order valence-corrected chi connectivity index (χ2v) is 8.05. The maximum atomic E-state index is 13.3. The van der Waals surface area contributed by atoms with Crippen LogP contribution in [0.25, 0.3) is 0 Å². The normalized spacial score (nSPS) is 28.2. The SMILES string of the molecule is CSC1(CO)C(=O)N2c3cc([N+](=O)[O-])ccc3CC2(SC)C(=O)N1C. The van der Waals surface area contributed by atoms with E-state index >= 15 is 0 Å². The predicted octanol–water partition coefficient (Wildman–Crippen LogP) is 1.07. The number of carbonyl (C=O) groups is 2. The lowest BCUT2D eigenvalue weighted by Gasteiger charge is -2.52. The monoisotopic (exact) mass is 383 g/mol. The highest BCUT2D eigenvalue weighted by atomic mass is 32.2. The summed E-state index contributed by atoms with van der Waals surface area (Å²) in [7, 11) is 1.51. The largest absolute Gasteiger partial charge is 0.392 e. The van der Waals surface area contributed by atoms with Gasteiger partial charge in [0.25, 0.3) is 17.5 Å². The summed E-state index contributed by atoms with van der Waals surface area (Å²) in [6.45, 7) is -0.541. The molecule has 2 aliphatic heterocycles. The molecule has 2 heterocycles. The van der Waals surface area contributed by atoms with Crippen molar-refractivity contribution in [3.05, 3.63) is 33.9 Å². The van der Waals surface area contributed by atoms with Gasteiger partial charge in [-0.1, -0.05) is 0 Å². The summed E-state index contributed by atoms with van der Waals surface area (Å²) in [5.74, 6) is -0.750. The second kappa shape index (κ2) is 5.89. The van der Waals surface area contributed by atoms with Crippen molar-refractivity contribution >= 4 is 46.7 Å². The van der Waals surface area contributed by atoms with E-state index < -0.39 is 27.2 Å². The van der Waals surface area contributed by atoms with Crippen LogP contribution in [-0.4, -0.2) is 62.7 Å². The van der Waals surface area contributed by atoms with Crippen LogP contribution >= 0.6 is 23.5 Å². The Morgan fingerprint density at radius 2 is 1.96 bits per heavy atom. The van der Waals surface area contributed by atoms with Gasteiger partial charge in [-0.25, -0.2) is 0 Å². The fourth-order valence-corrected chi connectivity index (χ4v) is 5.18. The zero-order valence-corrected chi connectivity index (χ0v) is 15.5. The Hall–Kier alpha value is -1.78. The van der Waals surface area contributed by atoms with Gasteiger partial charge < -0.3 is 10.0 Å². The van der Waals surface area contributed by atoms with E-state index in [9.17, 15) is 24.8 Å². The van der Waals surface area contributed by atoms with E-state index in [1.54, 1.807) is 18.6 Å². The molecule has 1 aromatic carbocycles. The molecule has 0 saturated carbocycles. The van der Waals surface area contributed by atoms with Crippen molar-refractivity contribution in [2.75, 3.05) is 31.1 Å². The van der Waals surface area contributed by atoms with Gasteiger partial charge in [0.15, 0.2) is 9.74 Å². The molecule has 10 heteroatoms. The summed E-state index contributed by atoms with van der Waals surface area (Å²) >= 11 is 2.30. The molecule has 0 radical (unpaired) electrons. The second-order valence-electron chi connectivity index (χ2n) is 5.89. The van der Waals surface area contributed by atoms with Gasteiger partial charge in [-0.2, -0.15) is 0 Å². The van der Waals surface area contributed by atoms with Crippen molar-refractivity contribution in [2.24, 2.45) is 0 Å². The van der Waals surface area contributed by atoms with Gasteiger partial charge in [0.1, 0.15) is 0 Å². The molecule has 0 bridgehead atoms. The lowest BCUT2D eigenvalue weighted by molar-refractivity contribution is -0.384. The number of nitro groups is 1. The van der Waals surface area contributed by atoms with Crippen LogP contribution in [0.3, 0.4) is 0 Å². The third-order valence-corrected chi connectivity index (χ3v) is 7.35. The Balaban J connectivity index is 2.25. The topological polar surface area (TPSA) is 104 Å². The van der Waals surface area contributed by atoms with E-state index in [1.807, 2.05) is 0 Å². The molecule has 3 rings (SSSR count). The molecule has 8 nitrogen and oxygen atoms in total. The molecule has 2 atom stereocenters. The lowest BCUT2D eigenvalue weighted by Crippen LogP contribution is -2.74. The first-order chi connectivity index (χ1) is 11.8. The molecular formula is C15H17N3O5S2. The molecule has 0 spiro atoms. The number of aliphatic hydroxyl groups excluding tert-OH is 1. The fourth-order valence-electron chi connectivity index (χ4n) is 3.46. The number of carbonyl (C=O) groups excluding carboxylic acids is 2. The number of nitrogens with zero attached hydrogens (tertiary/aromatic N) is 3. The Labute approximate surface area is 152 Å². The molecule has 1 saturated heterocycles. The number of amides is 2. The Bertz CT molecular complexity index is 782. The van der Waals surface area contributed by atoms with Gasteiger partial charge in [-0.15, -0.1) is 23.5 Å². The van der Waals surface area contributed by atoms with Crippen LogP contribution in [0, 0.1) is 10.1 Å². The number of nitro benzene ring substituents is 1. The summed E-state index contributed by atoms with van der Waals surface area (Å²) in [5.41, 5.74) is 0.917. The molecule has 25 heavy (non-hydrogen) atoms. The van der Waals surface area contributed by atoms with Crippen LogP contribution in [0.2, 0.25) is 0 Å². The van der Waals surface area contributed by atoms with Gasteiger partial charge in [0, 0.05) is 25.6 Å². The van der Waals surface area contributed by atoms with Gasteiger partial charge in [0.2, 0.25) is 0 Å². The maximum absolute atomic E-state index is 13.3. The third kappa shape index (κ3) is 2.14. The average Bonchev–Trinajstić information content (AvgIpc) is 2.96. The molecule has 2 aliphatic rings. The molecule has 134 valence electrons. The standard InChI is InChI=1S/C15H17N3O5S2/c1-16-12(20)14(24-2)7-9-4-5-10(18(22)23)6-11(9)17(14)13(21)15(16,8-19)25-3/h4-6,19H,7-8H2,1-3H3. The minimum Gasteiger partial charge on any atom is -0.392 e. The number of rotatable bonds is 4. The highest BCUT2D eigenvalue weighted by molar-refractivity contribution is 8.01. The Kier molecular flexibility index (Phi) is 4.25. The molecule has 0 aliphatic carbocycles. The number of non-ortho nitro benzene ring substituents is 1. The molecule has 1 aromatic rings. The van der Waals surface area contributed by atoms with Gasteiger partial charge in [-0.05, 0) is 24.1 Å². The summed E-state index contributed by atoms with van der Waals surface area (Å²) in [5, 5.41) is 21.0. The van der Waals surface area contributed by atoms with Crippen molar-refractivity contribution in [3.8, 4) is 0 Å². The van der Waals surface area contributed by atoms with E-state index in [0.29, 0.717) is 11.3 Å². The van der Waals surface area contributed by atoms with Crippen molar-refractivity contribution in [3.63, 3.8) is 0 Å². The van der Waals surface area contributed by atoms with E-state index in [1.165, 1.54) is 40.7 Å². The lowest BCUT2D eigenvalue weighted by atomic mass is 10.0.